The maximum Gasteiger partial charge on any atom is 0.269 e. The van der Waals surface area contributed by atoms with Crippen LogP contribution in [0.3, 0.4) is 0 Å². The molecule has 2 aliphatic heterocycles. The molecule has 2 heterocycles. The number of nitrogens with zero attached hydrogens (tertiary/aromatic N) is 3. The van der Waals surface area contributed by atoms with Crippen molar-refractivity contribution < 1.29 is 9.72 Å². The fourth-order valence-corrected chi connectivity index (χ4v) is 3.67. The quantitative estimate of drug-likeness (QED) is 0.632. The van der Waals surface area contributed by atoms with Gasteiger partial charge in [-0.3, -0.25) is 19.8 Å². The normalized spacial score (nSPS) is 21.3. The summed E-state index contributed by atoms with van der Waals surface area (Å²) in [6.45, 7) is 5.28. The number of carbonyl (C=O) groups is 1. The average Bonchev–Trinajstić information content (AvgIpc) is 2.98. The van der Waals surface area contributed by atoms with Crippen molar-refractivity contribution in [3.05, 3.63) is 33.9 Å². The zero-order valence-electron chi connectivity index (χ0n) is 13.5. The molecular weight excluding hydrogens is 294 g/mol. The Kier molecular flexibility index (Phi) is 4.61. The second-order valence-electron chi connectivity index (χ2n) is 6.52. The first-order chi connectivity index (χ1) is 11.1. The molecular formula is C17H23N3O3. The van der Waals surface area contributed by atoms with Crippen LogP contribution in [0.15, 0.2) is 18.2 Å². The summed E-state index contributed by atoms with van der Waals surface area (Å²) in [7, 11) is 0. The third-order valence-electron chi connectivity index (χ3n) is 5.01. The van der Waals surface area contributed by atoms with E-state index in [1.165, 1.54) is 18.9 Å². The van der Waals surface area contributed by atoms with Gasteiger partial charge in [0.2, 0.25) is 5.91 Å². The van der Waals surface area contributed by atoms with E-state index in [4.69, 9.17) is 0 Å². The van der Waals surface area contributed by atoms with E-state index in [-0.39, 0.29) is 16.5 Å². The topological polar surface area (TPSA) is 66.7 Å². The second kappa shape index (κ2) is 6.66. The Labute approximate surface area is 136 Å². The van der Waals surface area contributed by atoms with E-state index < -0.39 is 0 Å². The Morgan fingerprint density at radius 3 is 2.96 bits per heavy atom. The first-order valence-electron chi connectivity index (χ1n) is 8.38. The molecule has 1 saturated heterocycles. The van der Waals surface area contributed by atoms with E-state index in [1.807, 2.05) is 0 Å². The molecule has 0 spiro atoms. The number of benzene rings is 1. The zero-order valence-corrected chi connectivity index (χ0v) is 13.5. The van der Waals surface area contributed by atoms with E-state index in [2.05, 4.69) is 11.8 Å². The smallest absolute Gasteiger partial charge is 0.269 e. The number of amides is 1. The molecule has 1 aromatic rings. The van der Waals surface area contributed by atoms with Gasteiger partial charge in [0.25, 0.3) is 5.69 Å². The van der Waals surface area contributed by atoms with Gasteiger partial charge >= 0.3 is 0 Å². The van der Waals surface area contributed by atoms with Gasteiger partial charge in [-0.05, 0) is 43.4 Å². The monoisotopic (exact) mass is 317 g/mol. The molecule has 1 aromatic carbocycles. The molecule has 2 aliphatic rings. The van der Waals surface area contributed by atoms with Crippen molar-refractivity contribution in [2.45, 2.75) is 32.6 Å². The van der Waals surface area contributed by atoms with Crippen molar-refractivity contribution in [3.8, 4) is 0 Å². The molecule has 3 rings (SSSR count). The van der Waals surface area contributed by atoms with Crippen LogP contribution in [-0.4, -0.2) is 41.9 Å². The van der Waals surface area contributed by atoms with Gasteiger partial charge in [0.1, 0.15) is 0 Å². The van der Waals surface area contributed by atoms with Gasteiger partial charge in [-0.15, -0.1) is 0 Å². The number of anilines is 1. The van der Waals surface area contributed by atoms with Crippen molar-refractivity contribution >= 4 is 17.3 Å². The number of likely N-dealkylation sites (tertiary alicyclic amines) is 1. The van der Waals surface area contributed by atoms with Crippen molar-refractivity contribution in [3.63, 3.8) is 0 Å². The number of hydrogen-bond donors (Lipinski definition) is 0. The molecule has 1 fully saturated rings. The van der Waals surface area contributed by atoms with Crippen LogP contribution in [-0.2, 0) is 11.2 Å². The number of fused-ring (bicyclic) bond motifs is 1. The van der Waals surface area contributed by atoms with Crippen molar-refractivity contribution in [1.29, 1.82) is 0 Å². The lowest BCUT2D eigenvalue weighted by Gasteiger charge is -2.32. The van der Waals surface area contributed by atoms with E-state index in [0.29, 0.717) is 25.4 Å². The molecule has 0 N–H and O–H groups in total. The lowest BCUT2D eigenvalue weighted by Crippen LogP contribution is -2.43. The van der Waals surface area contributed by atoms with Crippen LogP contribution in [0.25, 0.3) is 0 Å². The maximum absolute atomic E-state index is 12.6. The first kappa shape index (κ1) is 15.9. The molecule has 1 atom stereocenters. The summed E-state index contributed by atoms with van der Waals surface area (Å²) in [5.74, 6) is 0.805. The fourth-order valence-electron chi connectivity index (χ4n) is 3.67. The Hall–Kier alpha value is -1.95. The summed E-state index contributed by atoms with van der Waals surface area (Å²) in [4.78, 5) is 27.2. The minimum atomic E-state index is -0.386. The summed E-state index contributed by atoms with van der Waals surface area (Å²) >= 11 is 0. The van der Waals surface area contributed by atoms with Gasteiger partial charge in [0, 0.05) is 30.9 Å². The minimum absolute atomic E-state index is 0.0971. The zero-order chi connectivity index (χ0) is 16.4. The number of carbonyl (C=O) groups excluding carboxylic acids is 1. The summed E-state index contributed by atoms with van der Waals surface area (Å²) in [5.41, 5.74) is 1.84. The molecule has 0 saturated carbocycles. The highest BCUT2D eigenvalue weighted by Crippen LogP contribution is 2.31. The number of piperidine rings is 1. The minimum Gasteiger partial charge on any atom is -0.311 e. The van der Waals surface area contributed by atoms with Gasteiger partial charge in [-0.25, -0.2) is 0 Å². The molecule has 6 heteroatoms. The third kappa shape index (κ3) is 3.37. The molecule has 23 heavy (non-hydrogen) atoms. The van der Waals surface area contributed by atoms with Gasteiger partial charge in [-0.1, -0.05) is 13.3 Å². The predicted octanol–water partition coefficient (Wildman–Crippen LogP) is 2.61. The highest BCUT2D eigenvalue weighted by Gasteiger charge is 2.28. The van der Waals surface area contributed by atoms with Crippen molar-refractivity contribution in [1.82, 2.24) is 4.90 Å². The van der Waals surface area contributed by atoms with Crippen molar-refractivity contribution in [2.75, 3.05) is 31.1 Å². The summed E-state index contributed by atoms with van der Waals surface area (Å²) < 4.78 is 0. The highest BCUT2D eigenvalue weighted by atomic mass is 16.6. The summed E-state index contributed by atoms with van der Waals surface area (Å²) in [6.07, 6.45) is 4.28. The molecule has 6 nitrogen and oxygen atoms in total. The molecule has 0 bridgehead atoms. The second-order valence-corrected chi connectivity index (χ2v) is 6.52. The van der Waals surface area contributed by atoms with Crippen LogP contribution in [0.4, 0.5) is 11.4 Å². The molecule has 124 valence electrons. The van der Waals surface area contributed by atoms with Crippen LogP contribution >= 0.6 is 0 Å². The van der Waals surface area contributed by atoms with Gasteiger partial charge in [0.15, 0.2) is 0 Å². The number of nitro benzene ring substituents is 1. The van der Waals surface area contributed by atoms with Crippen LogP contribution in [0.1, 0.15) is 31.7 Å². The first-order valence-corrected chi connectivity index (χ1v) is 8.38. The average molecular weight is 317 g/mol. The lowest BCUT2D eigenvalue weighted by atomic mass is 9.96. The van der Waals surface area contributed by atoms with E-state index in [0.717, 1.165) is 30.8 Å². The lowest BCUT2D eigenvalue weighted by molar-refractivity contribution is -0.384. The highest BCUT2D eigenvalue weighted by molar-refractivity contribution is 5.97. The standard InChI is InChI=1S/C17H23N3O3/c1-2-13-4-3-8-18(11-13)12-17(21)19-9-7-14-10-15(20(22)23)5-6-16(14)19/h5-6,10,13H,2-4,7-9,11-12H2,1H3. The molecule has 0 aliphatic carbocycles. The van der Waals surface area contributed by atoms with Gasteiger partial charge in [-0.2, -0.15) is 0 Å². The van der Waals surface area contributed by atoms with Crippen LogP contribution in [0.5, 0.6) is 0 Å². The third-order valence-corrected chi connectivity index (χ3v) is 5.01. The number of non-ortho nitro benzene ring substituents is 1. The molecule has 0 aromatic heterocycles. The van der Waals surface area contributed by atoms with Crippen LogP contribution < -0.4 is 4.90 Å². The SMILES string of the molecule is CCC1CCCN(CC(=O)N2CCc3cc([N+](=O)[O-])ccc32)C1. The summed E-state index contributed by atoms with van der Waals surface area (Å²) in [6, 6.07) is 4.79. The Balaban J connectivity index is 1.67. The van der Waals surface area contributed by atoms with Gasteiger partial charge in [0.05, 0.1) is 11.5 Å². The number of rotatable bonds is 4. The van der Waals surface area contributed by atoms with Crippen LogP contribution in [0, 0.1) is 16.0 Å². The van der Waals surface area contributed by atoms with Crippen LogP contribution in [0.2, 0.25) is 0 Å². The van der Waals surface area contributed by atoms with E-state index in [1.54, 1.807) is 17.0 Å². The molecule has 1 amide bonds. The van der Waals surface area contributed by atoms with Crippen molar-refractivity contribution in [2.24, 2.45) is 5.92 Å². The van der Waals surface area contributed by atoms with E-state index in [9.17, 15) is 14.9 Å². The van der Waals surface area contributed by atoms with Gasteiger partial charge < -0.3 is 4.90 Å². The number of hydrogen-bond acceptors (Lipinski definition) is 4. The maximum atomic E-state index is 12.6. The molecule has 0 radical (unpaired) electrons. The fraction of sp³-hybridized carbons (Fsp3) is 0.588. The largest absolute Gasteiger partial charge is 0.311 e. The summed E-state index contributed by atoms with van der Waals surface area (Å²) in [5, 5.41) is 10.9. The van der Waals surface area contributed by atoms with E-state index >= 15 is 0 Å². The number of nitro groups is 1. The Morgan fingerprint density at radius 1 is 1.39 bits per heavy atom. The Morgan fingerprint density at radius 2 is 2.22 bits per heavy atom. The Bertz CT molecular complexity index is 617. The molecule has 1 unspecified atom stereocenters. The predicted molar refractivity (Wildman–Crippen MR) is 88.6 cm³/mol.